The van der Waals surface area contributed by atoms with Crippen LogP contribution in [0.5, 0.6) is 0 Å². The van der Waals surface area contributed by atoms with Gasteiger partial charge in [0.05, 0.1) is 0 Å². The van der Waals surface area contributed by atoms with E-state index in [2.05, 4.69) is 5.32 Å². The van der Waals surface area contributed by atoms with Gasteiger partial charge in [0.25, 0.3) is 0 Å². The van der Waals surface area contributed by atoms with E-state index in [1.807, 2.05) is 31.3 Å². The first-order chi connectivity index (χ1) is 7.68. The molecule has 88 valence electrons. The van der Waals surface area contributed by atoms with Gasteiger partial charge in [0, 0.05) is 16.6 Å². The molecule has 2 rings (SSSR count). The summed E-state index contributed by atoms with van der Waals surface area (Å²) in [6.45, 7) is 0. The third-order valence-corrected chi connectivity index (χ3v) is 3.90. The van der Waals surface area contributed by atoms with E-state index >= 15 is 0 Å². The molecule has 2 unspecified atom stereocenters. The van der Waals surface area contributed by atoms with Crippen LogP contribution in [0.3, 0.4) is 0 Å². The van der Waals surface area contributed by atoms with Gasteiger partial charge < -0.3 is 10.4 Å². The molecule has 1 saturated carbocycles. The smallest absolute Gasteiger partial charge is 0.106 e. The zero-order valence-electron chi connectivity index (χ0n) is 9.54. The van der Waals surface area contributed by atoms with Gasteiger partial charge in [-0.2, -0.15) is 0 Å². The van der Waals surface area contributed by atoms with Gasteiger partial charge in [-0.3, -0.25) is 0 Å². The molecule has 2 atom stereocenters. The molecule has 0 amide bonds. The molecule has 2 nitrogen and oxygen atoms in total. The Kier molecular flexibility index (Phi) is 3.53. The fraction of sp³-hybridized carbons (Fsp3) is 0.538. The molecule has 1 aromatic rings. The number of benzene rings is 1. The summed E-state index contributed by atoms with van der Waals surface area (Å²) in [5.74, 6) is 0. The molecule has 0 saturated heterocycles. The average Bonchev–Trinajstić information content (AvgIpc) is 2.30. The first-order valence-electron chi connectivity index (χ1n) is 5.83. The molecule has 1 aromatic carbocycles. The molecule has 0 spiro atoms. The van der Waals surface area contributed by atoms with Crippen LogP contribution in [0, 0.1) is 0 Å². The van der Waals surface area contributed by atoms with Crippen molar-refractivity contribution in [2.24, 2.45) is 0 Å². The van der Waals surface area contributed by atoms with Gasteiger partial charge in [-0.25, -0.2) is 0 Å². The molecular formula is C13H18ClNO. The predicted octanol–water partition coefficient (Wildman–Crippen LogP) is 2.69. The lowest BCUT2D eigenvalue weighted by molar-refractivity contribution is -0.0298. The number of hydrogen-bond donors (Lipinski definition) is 2. The maximum Gasteiger partial charge on any atom is 0.106 e. The number of likely N-dealkylation sites (N-methyl/N-ethyl adjacent to an activating group) is 1. The minimum Gasteiger partial charge on any atom is -0.383 e. The van der Waals surface area contributed by atoms with Crippen LogP contribution in [0.1, 0.15) is 31.2 Å². The Hall–Kier alpha value is -0.570. The average molecular weight is 240 g/mol. The Morgan fingerprint density at radius 1 is 1.38 bits per heavy atom. The summed E-state index contributed by atoms with van der Waals surface area (Å²) >= 11 is 6.18. The van der Waals surface area contributed by atoms with Crippen molar-refractivity contribution in [3.8, 4) is 0 Å². The second-order valence-electron chi connectivity index (χ2n) is 4.49. The number of halogens is 1. The van der Waals surface area contributed by atoms with Crippen LogP contribution in [0.4, 0.5) is 0 Å². The predicted molar refractivity (Wildman–Crippen MR) is 66.7 cm³/mol. The largest absolute Gasteiger partial charge is 0.383 e. The second kappa shape index (κ2) is 4.74. The van der Waals surface area contributed by atoms with E-state index in [0.717, 1.165) is 31.2 Å². The fourth-order valence-corrected chi connectivity index (χ4v) is 2.97. The summed E-state index contributed by atoms with van der Waals surface area (Å²) in [5.41, 5.74) is 0.0430. The number of hydrogen-bond acceptors (Lipinski definition) is 2. The Balaban J connectivity index is 2.39. The SMILES string of the molecule is CNC1CCCCC1(O)c1ccccc1Cl. The summed E-state index contributed by atoms with van der Waals surface area (Å²) in [7, 11) is 1.90. The number of nitrogens with one attached hydrogen (secondary N) is 1. The van der Waals surface area contributed by atoms with Crippen molar-refractivity contribution in [3.05, 3.63) is 34.9 Å². The lowest BCUT2D eigenvalue weighted by atomic mass is 9.76. The third kappa shape index (κ3) is 1.97. The summed E-state index contributed by atoms with van der Waals surface area (Å²) in [5, 5.41) is 14.7. The normalized spacial score (nSPS) is 30.3. The van der Waals surface area contributed by atoms with Crippen molar-refractivity contribution in [1.82, 2.24) is 5.32 Å². The van der Waals surface area contributed by atoms with Crippen LogP contribution in [0.15, 0.2) is 24.3 Å². The van der Waals surface area contributed by atoms with Gasteiger partial charge in [-0.15, -0.1) is 0 Å². The van der Waals surface area contributed by atoms with E-state index in [1.54, 1.807) is 0 Å². The Labute approximate surface area is 102 Å². The minimum atomic E-state index is -0.814. The molecule has 1 fully saturated rings. The Morgan fingerprint density at radius 2 is 2.12 bits per heavy atom. The molecule has 3 heteroatoms. The summed E-state index contributed by atoms with van der Waals surface area (Å²) in [6.07, 6.45) is 4.00. The van der Waals surface area contributed by atoms with Gasteiger partial charge in [-0.1, -0.05) is 42.6 Å². The molecule has 0 radical (unpaired) electrons. The quantitative estimate of drug-likeness (QED) is 0.832. The first kappa shape index (κ1) is 11.9. The zero-order valence-corrected chi connectivity index (χ0v) is 10.3. The fourth-order valence-electron chi connectivity index (χ4n) is 2.67. The van der Waals surface area contributed by atoms with Crippen molar-refractivity contribution >= 4 is 11.6 Å². The van der Waals surface area contributed by atoms with Crippen molar-refractivity contribution in [2.75, 3.05) is 7.05 Å². The van der Waals surface area contributed by atoms with Crippen LogP contribution >= 0.6 is 11.6 Å². The van der Waals surface area contributed by atoms with E-state index in [1.165, 1.54) is 0 Å². The highest BCUT2D eigenvalue weighted by atomic mass is 35.5. The van der Waals surface area contributed by atoms with Gasteiger partial charge in [0.15, 0.2) is 0 Å². The topological polar surface area (TPSA) is 32.3 Å². The van der Waals surface area contributed by atoms with Crippen LogP contribution in [-0.2, 0) is 5.60 Å². The molecule has 0 heterocycles. The summed E-state index contributed by atoms with van der Waals surface area (Å²) < 4.78 is 0. The van der Waals surface area contributed by atoms with Gasteiger partial charge in [0.1, 0.15) is 5.60 Å². The molecule has 0 aromatic heterocycles. The number of rotatable bonds is 2. The van der Waals surface area contributed by atoms with Crippen LogP contribution in [-0.4, -0.2) is 18.2 Å². The molecule has 16 heavy (non-hydrogen) atoms. The molecule has 2 N–H and O–H groups in total. The van der Waals surface area contributed by atoms with Gasteiger partial charge in [-0.05, 0) is 26.0 Å². The molecule has 0 bridgehead atoms. The molecule has 1 aliphatic rings. The van der Waals surface area contributed by atoms with Crippen molar-refractivity contribution in [1.29, 1.82) is 0 Å². The highest BCUT2D eigenvalue weighted by molar-refractivity contribution is 6.31. The van der Waals surface area contributed by atoms with Gasteiger partial charge >= 0.3 is 0 Å². The highest BCUT2D eigenvalue weighted by Crippen LogP contribution is 2.39. The maximum atomic E-state index is 10.8. The minimum absolute atomic E-state index is 0.0983. The van der Waals surface area contributed by atoms with Gasteiger partial charge in [0.2, 0.25) is 0 Å². The number of aliphatic hydroxyl groups is 1. The molecule has 1 aliphatic carbocycles. The summed E-state index contributed by atoms with van der Waals surface area (Å²) in [4.78, 5) is 0. The monoisotopic (exact) mass is 239 g/mol. The van der Waals surface area contributed by atoms with E-state index in [4.69, 9.17) is 11.6 Å². The second-order valence-corrected chi connectivity index (χ2v) is 4.90. The Morgan fingerprint density at radius 3 is 2.81 bits per heavy atom. The van der Waals surface area contributed by atoms with Crippen LogP contribution in [0.2, 0.25) is 5.02 Å². The summed E-state index contributed by atoms with van der Waals surface area (Å²) in [6, 6.07) is 7.70. The van der Waals surface area contributed by atoms with E-state index in [-0.39, 0.29) is 6.04 Å². The van der Waals surface area contributed by atoms with Crippen molar-refractivity contribution in [2.45, 2.75) is 37.3 Å². The molecular weight excluding hydrogens is 222 g/mol. The van der Waals surface area contributed by atoms with E-state index in [0.29, 0.717) is 5.02 Å². The first-order valence-corrected chi connectivity index (χ1v) is 6.21. The lowest BCUT2D eigenvalue weighted by Gasteiger charge is -2.40. The van der Waals surface area contributed by atoms with Crippen LogP contribution < -0.4 is 5.32 Å². The van der Waals surface area contributed by atoms with Crippen molar-refractivity contribution < 1.29 is 5.11 Å². The lowest BCUT2D eigenvalue weighted by Crippen LogP contribution is -2.49. The van der Waals surface area contributed by atoms with E-state index < -0.39 is 5.60 Å². The molecule has 0 aliphatic heterocycles. The van der Waals surface area contributed by atoms with Crippen LogP contribution in [0.25, 0.3) is 0 Å². The van der Waals surface area contributed by atoms with E-state index in [9.17, 15) is 5.11 Å². The maximum absolute atomic E-state index is 10.8. The highest BCUT2D eigenvalue weighted by Gasteiger charge is 2.40. The zero-order chi connectivity index (χ0) is 11.6. The third-order valence-electron chi connectivity index (χ3n) is 3.57. The Bertz CT molecular complexity index is 369. The standard InChI is InChI=1S/C13H18ClNO/c1-15-12-8-4-5-9-13(12,16)10-6-2-3-7-11(10)14/h2-3,6-7,12,15-16H,4-5,8-9H2,1H3. The van der Waals surface area contributed by atoms with Crippen molar-refractivity contribution in [3.63, 3.8) is 0 Å².